The summed E-state index contributed by atoms with van der Waals surface area (Å²) in [5, 5.41) is 14.3. The van der Waals surface area contributed by atoms with Gasteiger partial charge in [0.1, 0.15) is 6.04 Å². The van der Waals surface area contributed by atoms with Crippen molar-refractivity contribution >= 4 is 23.8 Å². The number of carbonyl (C=O) groups excluding carboxylic acids is 1. The fourth-order valence-corrected chi connectivity index (χ4v) is 2.24. The number of carbonyl (C=O) groups is 2. The number of aliphatic carboxylic acids is 1. The van der Waals surface area contributed by atoms with E-state index < -0.39 is 18.0 Å². The number of urea groups is 1. The number of rotatable bonds is 9. The summed E-state index contributed by atoms with van der Waals surface area (Å²) in [6.07, 6.45) is 2.06. The van der Waals surface area contributed by atoms with Crippen molar-refractivity contribution in [3.8, 4) is 0 Å². The summed E-state index contributed by atoms with van der Waals surface area (Å²) < 4.78 is 0. The van der Waals surface area contributed by atoms with E-state index in [1.807, 2.05) is 30.3 Å². The highest BCUT2D eigenvalue weighted by Gasteiger charge is 2.19. The topological polar surface area (TPSA) is 78.4 Å². The van der Waals surface area contributed by atoms with Crippen molar-refractivity contribution < 1.29 is 14.7 Å². The Kier molecular flexibility index (Phi) is 8.04. The van der Waals surface area contributed by atoms with Crippen LogP contribution in [0.3, 0.4) is 0 Å². The molecular formula is C15H20N2O3S. The molecule has 0 radical (unpaired) electrons. The van der Waals surface area contributed by atoms with Gasteiger partial charge >= 0.3 is 12.0 Å². The van der Waals surface area contributed by atoms with E-state index in [1.165, 1.54) is 0 Å². The Morgan fingerprint density at radius 2 is 2.05 bits per heavy atom. The molecule has 0 bridgehead atoms. The first kappa shape index (κ1) is 17.1. The molecule has 0 aliphatic rings. The predicted molar refractivity (Wildman–Crippen MR) is 85.6 cm³/mol. The molecule has 0 unspecified atom stereocenters. The first-order valence-electron chi connectivity index (χ1n) is 6.63. The zero-order valence-electron chi connectivity index (χ0n) is 11.7. The number of carboxylic acid groups (broad SMARTS) is 1. The molecule has 0 saturated heterocycles. The molecule has 0 aliphatic carbocycles. The fourth-order valence-electron chi connectivity index (χ4n) is 1.66. The van der Waals surface area contributed by atoms with Gasteiger partial charge in [0.15, 0.2) is 0 Å². The lowest BCUT2D eigenvalue weighted by atomic mass is 10.1. The van der Waals surface area contributed by atoms with E-state index in [-0.39, 0.29) is 6.42 Å². The predicted octanol–water partition coefficient (Wildman–Crippen LogP) is 1.90. The summed E-state index contributed by atoms with van der Waals surface area (Å²) >= 11 is 1.65. The molecule has 2 amide bonds. The standard InChI is InChI=1S/C15H20N2O3S/c1-2-9-21-10-8-16-15(20)17-13(14(18)19)11-12-6-4-3-5-7-12/h2-7,13H,1,8-11H2,(H,18,19)(H2,16,17,20)/t13-/m1/s1. The van der Waals surface area contributed by atoms with Crippen LogP contribution in [0.25, 0.3) is 0 Å². The van der Waals surface area contributed by atoms with E-state index in [4.69, 9.17) is 5.11 Å². The number of hydrogen-bond acceptors (Lipinski definition) is 3. The molecule has 21 heavy (non-hydrogen) atoms. The average molecular weight is 308 g/mol. The van der Waals surface area contributed by atoms with E-state index in [0.717, 1.165) is 17.1 Å². The highest BCUT2D eigenvalue weighted by Crippen LogP contribution is 2.03. The summed E-state index contributed by atoms with van der Waals surface area (Å²) in [5.41, 5.74) is 0.867. The van der Waals surface area contributed by atoms with Crippen LogP contribution in [-0.4, -0.2) is 41.2 Å². The molecule has 0 aliphatic heterocycles. The van der Waals surface area contributed by atoms with E-state index in [9.17, 15) is 9.59 Å². The molecule has 0 fully saturated rings. The van der Waals surface area contributed by atoms with Gasteiger partial charge in [-0.05, 0) is 5.56 Å². The van der Waals surface area contributed by atoms with E-state index in [1.54, 1.807) is 17.8 Å². The van der Waals surface area contributed by atoms with Gasteiger partial charge in [0, 0.05) is 24.5 Å². The van der Waals surface area contributed by atoms with Crippen molar-refractivity contribution in [3.05, 3.63) is 48.6 Å². The van der Waals surface area contributed by atoms with E-state index in [0.29, 0.717) is 6.54 Å². The molecule has 3 N–H and O–H groups in total. The van der Waals surface area contributed by atoms with Gasteiger partial charge in [-0.15, -0.1) is 6.58 Å². The van der Waals surface area contributed by atoms with Crippen molar-refractivity contribution in [2.24, 2.45) is 0 Å². The highest BCUT2D eigenvalue weighted by molar-refractivity contribution is 7.99. The first-order valence-corrected chi connectivity index (χ1v) is 7.78. The summed E-state index contributed by atoms with van der Waals surface area (Å²) in [6.45, 7) is 4.09. The SMILES string of the molecule is C=CCSCCNC(=O)N[C@H](Cc1ccccc1)C(=O)O. The van der Waals surface area contributed by atoms with Gasteiger partial charge in [-0.1, -0.05) is 36.4 Å². The minimum Gasteiger partial charge on any atom is -0.480 e. The van der Waals surface area contributed by atoms with Crippen molar-refractivity contribution in [3.63, 3.8) is 0 Å². The first-order chi connectivity index (χ1) is 10.1. The molecule has 1 aromatic rings. The Hall–Kier alpha value is -1.95. The van der Waals surface area contributed by atoms with Crippen LogP contribution in [0.2, 0.25) is 0 Å². The van der Waals surface area contributed by atoms with Gasteiger partial charge < -0.3 is 15.7 Å². The van der Waals surface area contributed by atoms with Crippen LogP contribution in [0, 0.1) is 0 Å². The zero-order valence-corrected chi connectivity index (χ0v) is 12.6. The Bertz CT molecular complexity index is 465. The van der Waals surface area contributed by atoms with Crippen molar-refractivity contribution in [2.45, 2.75) is 12.5 Å². The normalized spacial score (nSPS) is 11.4. The van der Waals surface area contributed by atoms with Crippen LogP contribution >= 0.6 is 11.8 Å². The minimum absolute atomic E-state index is 0.259. The van der Waals surface area contributed by atoms with Crippen LogP contribution in [-0.2, 0) is 11.2 Å². The van der Waals surface area contributed by atoms with Gasteiger partial charge in [0.25, 0.3) is 0 Å². The largest absolute Gasteiger partial charge is 0.480 e. The van der Waals surface area contributed by atoms with Gasteiger partial charge in [0.05, 0.1) is 0 Å². The number of hydrogen-bond donors (Lipinski definition) is 3. The van der Waals surface area contributed by atoms with Gasteiger partial charge in [-0.3, -0.25) is 0 Å². The summed E-state index contributed by atoms with van der Waals surface area (Å²) in [4.78, 5) is 22.9. The lowest BCUT2D eigenvalue weighted by molar-refractivity contribution is -0.139. The third-order valence-electron chi connectivity index (χ3n) is 2.65. The number of benzene rings is 1. The van der Waals surface area contributed by atoms with E-state index >= 15 is 0 Å². The van der Waals surface area contributed by atoms with Gasteiger partial charge in [0.2, 0.25) is 0 Å². The van der Waals surface area contributed by atoms with Crippen LogP contribution in [0.1, 0.15) is 5.56 Å². The van der Waals surface area contributed by atoms with Gasteiger partial charge in [-0.2, -0.15) is 11.8 Å². The van der Waals surface area contributed by atoms with Gasteiger partial charge in [-0.25, -0.2) is 9.59 Å². The summed E-state index contributed by atoms with van der Waals surface area (Å²) in [7, 11) is 0. The molecule has 114 valence electrons. The minimum atomic E-state index is -1.05. The van der Waals surface area contributed by atoms with E-state index in [2.05, 4.69) is 17.2 Å². The van der Waals surface area contributed by atoms with Crippen LogP contribution < -0.4 is 10.6 Å². The second-order valence-electron chi connectivity index (χ2n) is 4.34. The van der Waals surface area contributed by atoms with Crippen molar-refractivity contribution in [1.29, 1.82) is 0 Å². The highest BCUT2D eigenvalue weighted by atomic mass is 32.2. The average Bonchev–Trinajstić information content (AvgIpc) is 2.47. The number of carboxylic acids is 1. The molecule has 0 aromatic heterocycles. The third-order valence-corrected chi connectivity index (χ3v) is 3.62. The quantitative estimate of drug-likeness (QED) is 0.481. The lowest BCUT2D eigenvalue weighted by Gasteiger charge is -2.15. The molecule has 0 heterocycles. The number of thioether (sulfide) groups is 1. The molecule has 1 aromatic carbocycles. The maximum Gasteiger partial charge on any atom is 0.326 e. The summed E-state index contributed by atoms with van der Waals surface area (Å²) in [6, 6.07) is 7.81. The Balaban J connectivity index is 2.38. The molecule has 6 heteroatoms. The second kappa shape index (κ2) is 9.88. The molecule has 1 atom stereocenters. The van der Waals surface area contributed by atoms with Crippen LogP contribution in [0.5, 0.6) is 0 Å². The van der Waals surface area contributed by atoms with Crippen molar-refractivity contribution in [2.75, 3.05) is 18.1 Å². The maximum atomic E-state index is 11.7. The fraction of sp³-hybridized carbons (Fsp3) is 0.333. The Labute approximate surface area is 128 Å². The monoisotopic (exact) mass is 308 g/mol. The van der Waals surface area contributed by atoms with Crippen LogP contribution in [0.15, 0.2) is 43.0 Å². The summed E-state index contributed by atoms with van der Waals surface area (Å²) in [5.74, 6) is 0.542. The molecule has 1 rings (SSSR count). The number of amides is 2. The Morgan fingerprint density at radius 1 is 1.33 bits per heavy atom. The maximum absolute atomic E-state index is 11.7. The molecule has 5 nitrogen and oxygen atoms in total. The second-order valence-corrected chi connectivity index (χ2v) is 5.49. The molecule has 0 saturated carbocycles. The zero-order chi connectivity index (χ0) is 15.5. The molecular weight excluding hydrogens is 288 g/mol. The number of nitrogens with one attached hydrogen (secondary N) is 2. The lowest BCUT2D eigenvalue weighted by Crippen LogP contribution is -2.47. The Morgan fingerprint density at radius 3 is 2.67 bits per heavy atom. The third kappa shape index (κ3) is 7.41. The molecule has 0 spiro atoms. The van der Waals surface area contributed by atoms with Crippen molar-refractivity contribution in [1.82, 2.24) is 10.6 Å². The smallest absolute Gasteiger partial charge is 0.326 e. The van der Waals surface area contributed by atoms with Crippen LogP contribution in [0.4, 0.5) is 4.79 Å².